The van der Waals surface area contributed by atoms with Crippen LogP contribution in [0.15, 0.2) is 72.8 Å². The molecule has 3 aromatic carbocycles. The lowest BCUT2D eigenvalue weighted by Crippen LogP contribution is -3.00. The van der Waals surface area contributed by atoms with E-state index < -0.39 is 13.2 Å². The summed E-state index contributed by atoms with van der Waals surface area (Å²) in [6, 6.07) is 24.6. The van der Waals surface area contributed by atoms with Gasteiger partial charge in [0.25, 0.3) is 0 Å². The van der Waals surface area contributed by atoms with Crippen LogP contribution in [-0.4, -0.2) is 17.2 Å². The van der Waals surface area contributed by atoms with Crippen molar-refractivity contribution < 1.29 is 26.9 Å². The average Bonchev–Trinajstić information content (AvgIpc) is 2.78. The van der Waals surface area contributed by atoms with Crippen LogP contribution in [0.1, 0.15) is 38.5 Å². The first-order chi connectivity index (χ1) is 15.4. The van der Waals surface area contributed by atoms with Gasteiger partial charge in [0, 0.05) is 21.5 Å². The molecular formula is C26H27BrCl3O2P. The van der Waals surface area contributed by atoms with Crippen molar-refractivity contribution in [1.29, 1.82) is 0 Å². The number of benzene rings is 3. The summed E-state index contributed by atoms with van der Waals surface area (Å²) in [5, 5.41) is 14.8. The summed E-state index contributed by atoms with van der Waals surface area (Å²) in [6.45, 7) is 0. The van der Waals surface area contributed by atoms with E-state index in [0.717, 1.165) is 53.3 Å². The Hall–Kier alpha value is -1.09. The van der Waals surface area contributed by atoms with Crippen molar-refractivity contribution in [2.75, 3.05) is 6.16 Å². The number of carbonyl (C=O) groups is 1. The first kappa shape index (κ1) is 28.1. The van der Waals surface area contributed by atoms with Crippen molar-refractivity contribution in [3.8, 4) is 0 Å². The van der Waals surface area contributed by atoms with Gasteiger partial charge in [-0.25, -0.2) is 0 Å². The standard InChI is InChI=1S/C26H26Cl3O2P.BrH/c27-20-7-13-23(14-8-20)32(24-15-9-21(28)10-16-24,25-17-11-22(29)12-18-25)19-5-3-1-2-4-6-26(30)31;/h7-18H,1-6,19H2;1H. The van der Waals surface area contributed by atoms with Crippen molar-refractivity contribution >= 4 is 63.9 Å². The maximum atomic E-state index is 10.7. The highest BCUT2D eigenvalue weighted by atomic mass is 79.9. The zero-order valence-electron chi connectivity index (χ0n) is 18.2. The summed E-state index contributed by atoms with van der Waals surface area (Å²) >= 11 is 18.7. The second kappa shape index (κ2) is 13.7. The molecule has 33 heavy (non-hydrogen) atoms. The Labute approximate surface area is 222 Å². The smallest absolute Gasteiger partial charge is 0.303 e. The summed E-state index contributed by atoms with van der Waals surface area (Å²) < 4.78 is 0. The molecule has 0 amide bonds. The van der Waals surface area contributed by atoms with Crippen LogP contribution in [0, 0.1) is 0 Å². The average molecular weight is 589 g/mol. The lowest BCUT2D eigenvalue weighted by atomic mass is 10.1. The summed E-state index contributed by atoms with van der Waals surface area (Å²) in [6.07, 6.45) is 6.09. The molecule has 0 saturated heterocycles. The van der Waals surface area contributed by atoms with E-state index in [0.29, 0.717) is 0 Å². The van der Waals surface area contributed by atoms with Gasteiger partial charge in [-0.15, -0.1) is 0 Å². The first-order valence-corrected chi connectivity index (χ1v) is 13.9. The fourth-order valence-corrected chi connectivity index (χ4v) is 8.80. The van der Waals surface area contributed by atoms with Crippen LogP contribution in [0.25, 0.3) is 0 Å². The van der Waals surface area contributed by atoms with Crippen molar-refractivity contribution in [2.24, 2.45) is 0 Å². The fraction of sp³-hybridized carbons (Fsp3) is 0.269. The monoisotopic (exact) mass is 586 g/mol. The molecule has 0 fully saturated rings. The highest BCUT2D eigenvalue weighted by Gasteiger charge is 2.44. The van der Waals surface area contributed by atoms with Crippen molar-refractivity contribution in [3.63, 3.8) is 0 Å². The Balaban J connectivity index is 0.00000385. The lowest BCUT2D eigenvalue weighted by Gasteiger charge is -2.28. The van der Waals surface area contributed by atoms with Gasteiger partial charge in [0.15, 0.2) is 0 Å². The molecule has 0 atom stereocenters. The molecular weight excluding hydrogens is 562 g/mol. The van der Waals surface area contributed by atoms with E-state index >= 15 is 0 Å². The van der Waals surface area contributed by atoms with Crippen LogP contribution >= 0.6 is 42.1 Å². The van der Waals surface area contributed by atoms with E-state index in [2.05, 4.69) is 36.4 Å². The Morgan fingerprint density at radius 1 is 0.606 bits per heavy atom. The van der Waals surface area contributed by atoms with Gasteiger partial charge >= 0.3 is 5.97 Å². The summed E-state index contributed by atoms with van der Waals surface area (Å²) in [5.74, 6) is -0.719. The third-order valence-corrected chi connectivity index (χ3v) is 11.0. The molecule has 0 spiro atoms. The lowest BCUT2D eigenvalue weighted by molar-refractivity contribution is -0.137. The van der Waals surface area contributed by atoms with Crippen LogP contribution in [0.4, 0.5) is 0 Å². The summed E-state index contributed by atoms with van der Waals surface area (Å²) in [5.41, 5.74) is 0. The van der Waals surface area contributed by atoms with Gasteiger partial charge in [0.2, 0.25) is 0 Å². The van der Waals surface area contributed by atoms with Crippen molar-refractivity contribution in [3.05, 3.63) is 87.9 Å². The predicted octanol–water partition coefficient (Wildman–Crippen LogP) is 4.37. The summed E-state index contributed by atoms with van der Waals surface area (Å²) in [4.78, 5) is 10.7. The Kier molecular flexibility index (Phi) is 11.7. The molecule has 0 aliphatic heterocycles. The maximum absolute atomic E-state index is 10.7. The van der Waals surface area contributed by atoms with Gasteiger partial charge in [0.05, 0.1) is 6.16 Å². The van der Waals surface area contributed by atoms with E-state index in [9.17, 15) is 4.79 Å². The Morgan fingerprint density at radius 3 is 1.30 bits per heavy atom. The Bertz CT molecular complexity index is 898. The van der Waals surface area contributed by atoms with Crippen molar-refractivity contribution in [2.45, 2.75) is 38.5 Å². The number of carboxylic acids is 1. The van der Waals surface area contributed by atoms with Gasteiger partial charge < -0.3 is 22.1 Å². The number of hydrogen-bond donors (Lipinski definition) is 1. The SMILES string of the molecule is O=C(O)CCCCCCC[P+](c1ccc(Cl)cc1)(c1ccc(Cl)cc1)c1ccc(Cl)cc1.[Br-]. The second-order valence-electron chi connectivity index (χ2n) is 7.87. The van der Waals surface area contributed by atoms with Crippen LogP contribution in [-0.2, 0) is 4.79 Å². The number of carboxylic acid groups (broad SMARTS) is 1. The topological polar surface area (TPSA) is 37.3 Å². The number of rotatable bonds is 11. The second-order valence-corrected chi connectivity index (χ2v) is 12.8. The molecule has 0 radical (unpaired) electrons. The highest BCUT2D eigenvalue weighted by molar-refractivity contribution is 7.95. The maximum Gasteiger partial charge on any atom is 0.303 e. The van der Waals surface area contributed by atoms with Crippen LogP contribution < -0.4 is 32.9 Å². The van der Waals surface area contributed by atoms with Gasteiger partial charge in [-0.3, -0.25) is 4.79 Å². The fourth-order valence-electron chi connectivity index (χ4n) is 4.08. The molecule has 0 aliphatic rings. The molecule has 3 rings (SSSR count). The molecule has 7 heteroatoms. The van der Waals surface area contributed by atoms with Crippen LogP contribution in [0.2, 0.25) is 15.1 Å². The molecule has 3 aromatic rings. The Morgan fingerprint density at radius 2 is 0.939 bits per heavy atom. The van der Waals surface area contributed by atoms with Gasteiger partial charge in [-0.1, -0.05) is 47.6 Å². The van der Waals surface area contributed by atoms with E-state index in [-0.39, 0.29) is 23.4 Å². The van der Waals surface area contributed by atoms with Crippen LogP contribution in [0.5, 0.6) is 0 Å². The molecule has 0 unspecified atom stereocenters. The minimum absolute atomic E-state index is 0. The first-order valence-electron chi connectivity index (χ1n) is 10.8. The molecule has 0 aliphatic carbocycles. The number of unbranched alkanes of at least 4 members (excludes halogenated alkanes) is 4. The number of hydrogen-bond acceptors (Lipinski definition) is 1. The van der Waals surface area contributed by atoms with Gasteiger partial charge in [-0.05, 0) is 92.1 Å². The number of aliphatic carboxylic acids is 1. The zero-order chi connectivity index (χ0) is 23.0. The van der Waals surface area contributed by atoms with E-state index in [1.165, 1.54) is 15.9 Å². The molecule has 2 nitrogen and oxygen atoms in total. The molecule has 0 bridgehead atoms. The third-order valence-electron chi connectivity index (χ3n) is 5.69. The largest absolute Gasteiger partial charge is 1.00 e. The number of halogens is 4. The van der Waals surface area contributed by atoms with Gasteiger partial charge in [-0.2, -0.15) is 0 Å². The minimum atomic E-state index is -1.95. The summed E-state index contributed by atoms with van der Waals surface area (Å²) in [7, 11) is -1.95. The zero-order valence-corrected chi connectivity index (χ0v) is 22.9. The van der Waals surface area contributed by atoms with E-state index in [4.69, 9.17) is 39.9 Å². The van der Waals surface area contributed by atoms with Crippen LogP contribution in [0.3, 0.4) is 0 Å². The van der Waals surface area contributed by atoms with Gasteiger partial charge in [0.1, 0.15) is 23.2 Å². The third kappa shape index (κ3) is 7.70. The predicted molar refractivity (Wildman–Crippen MR) is 140 cm³/mol. The molecule has 1 N–H and O–H groups in total. The van der Waals surface area contributed by atoms with E-state index in [1.54, 1.807) is 0 Å². The highest BCUT2D eigenvalue weighted by Crippen LogP contribution is 2.56. The molecule has 0 aromatic heterocycles. The molecule has 0 heterocycles. The van der Waals surface area contributed by atoms with E-state index in [1.807, 2.05) is 36.4 Å². The molecule has 0 saturated carbocycles. The van der Waals surface area contributed by atoms with Crippen molar-refractivity contribution in [1.82, 2.24) is 0 Å². The molecule has 176 valence electrons. The normalized spacial score (nSPS) is 11.1. The quantitative estimate of drug-likeness (QED) is 0.267. The minimum Gasteiger partial charge on any atom is -1.00 e.